The van der Waals surface area contributed by atoms with E-state index in [1.54, 1.807) is 0 Å². The predicted molar refractivity (Wildman–Crippen MR) is 68.8 cm³/mol. The van der Waals surface area contributed by atoms with Gasteiger partial charge in [-0.25, -0.2) is 4.79 Å². The molecule has 1 aromatic carbocycles. The summed E-state index contributed by atoms with van der Waals surface area (Å²) < 4.78 is 5.21. The van der Waals surface area contributed by atoms with Gasteiger partial charge in [0.1, 0.15) is 17.9 Å². The van der Waals surface area contributed by atoms with E-state index in [1.807, 2.05) is 0 Å². The first kappa shape index (κ1) is 13.4. The van der Waals surface area contributed by atoms with Crippen LogP contribution in [0.2, 0.25) is 5.02 Å². The first-order valence-corrected chi connectivity index (χ1v) is 5.27. The van der Waals surface area contributed by atoms with E-state index in [4.69, 9.17) is 21.4 Å². The Morgan fingerprint density at radius 3 is 2.94 bits per heavy atom. The van der Waals surface area contributed by atoms with Gasteiger partial charge in [0.25, 0.3) is 0 Å². The lowest BCUT2D eigenvalue weighted by atomic mass is 10.2. The van der Waals surface area contributed by atoms with Gasteiger partial charge in [0.05, 0.1) is 15.9 Å². The van der Waals surface area contributed by atoms with E-state index < -0.39 is 5.97 Å². The molecule has 1 rings (SSSR count). The van der Waals surface area contributed by atoms with Gasteiger partial charge in [-0.1, -0.05) is 24.3 Å². The van der Waals surface area contributed by atoms with E-state index in [9.17, 15) is 4.79 Å². The third-order valence-corrected chi connectivity index (χ3v) is 2.20. The van der Waals surface area contributed by atoms with Crippen LogP contribution in [0.5, 0.6) is 5.75 Å². The molecule has 0 fully saturated rings. The lowest BCUT2D eigenvalue weighted by Crippen LogP contribution is -2.03. The van der Waals surface area contributed by atoms with Gasteiger partial charge in [-0.15, -0.1) is 0 Å². The molecule has 0 radical (unpaired) electrons. The van der Waals surface area contributed by atoms with Gasteiger partial charge in [-0.3, -0.25) is 0 Å². The minimum absolute atomic E-state index is 0.0415. The fraction of sp³-hybridized carbons (Fsp3) is 0.0909. The summed E-state index contributed by atoms with van der Waals surface area (Å²) in [5.41, 5.74) is 0.269. The van der Waals surface area contributed by atoms with Crippen LogP contribution in [0.1, 0.15) is 10.4 Å². The molecule has 0 bridgehead atoms. The monoisotopic (exact) mass is 269 g/mol. The topological polar surface area (TPSA) is 58.9 Å². The minimum Gasteiger partial charge on any atom is -0.489 e. The van der Waals surface area contributed by atoms with Gasteiger partial charge in [-0.05, 0) is 18.3 Å². The molecule has 0 saturated carbocycles. The van der Waals surface area contributed by atoms with Gasteiger partial charge >= 0.3 is 5.97 Å². The normalized spacial score (nSPS) is 9.24. The molecule has 0 aromatic heterocycles. The minimum atomic E-state index is -1.14. The van der Waals surface area contributed by atoms with Crippen molar-refractivity contribution in [1.29, 1.82) is 0 Å². The maximum Gasteiger partial charge on any atom is 0.339 e. The summed E-state index contributed by atoms with van der Waals surface area (Å²) >= 11 is 10.3. The summed E-state index contributed by atoms with van der Waals surface area (Å²) in [5, 5.41) is 11.3. The summed E-state index contributed by atoms with van der Waals surface area (Å²) in [6, 6.07) is 2.66. The number of hydrogen-bond donors (Lipinski definition) is 1. The number of aliphatic imine (C=N–C) groups is 1. The smallest absolute Gasteiger partial charge is 0.339 e. The molecule has 0 aliphatic carbocycles. The number of rotatable bonds is 5. The molecule has 0 aliphatic rings. The van der Waals surface area contributed by atoms with Crippen LogP contribution in [-0.2, 0) is 0 Å². The Labute approximate surface area is 108 Å². The zero-order chi connectivity index (χ0) is 12.8. The van der Waals surface area contributed by atoms with Crippen molar-refractivity contribution in [2.24, 2.45) is 4.99 Å². The molecular weight excluding hydrogens is 262 g/mol. The Balaban J connectivity index is 3.30. The molecule has 0 saturated heterocycles. The van der Waals surface area contributed by atoms with Crippen LogP contribution < -0.4 is 4.74 Å². The van der Waals surface area contributed by atoms with Crippen molar-refractivity contribution in [2.45, 2.75) is 0 Å². The van der Waals surface area contributed by atoms with Crippen LogP contribution in [0, 0.1) is 0 Å². The second-order valence-electron chi connectivity index (χ2n) is 2.91. The molecule has 0 heterocycles. The zero-order valence-electron chi connectivity index (χ0n) is 8.64. The predicted octanol–water partition coefficient (Wildman–Crippen LogP) is 3.34. The van der Waals surface area contributed by atoms with Crippen molar-refractivity contribution < 1.29 is 14.6 Å². The fourth-order valence-electron chi connectivity index (χ4n) is 1.11. The quantitative estimate of drug-likeness (QED) is 0.506. The Hall–Kier alpha value is -1.68. The Morgan fingerprint density at radius 1 is 1.71 bits per heavy atom. The molecule has 0 amide bonds. The molecule has 0 unspecified atom stereocenters. The van der Waals surface area contributed by atoms with Crippen LogP contribution in [0.15, 0.2) is 29.8 Å². The number of halogens is 1. The third-order valence-electron chi connectivity index (χ3n) is 1.80. The average Bonchev–Trinajstić information content (AvgIpc) is 2.29. The lowest BCUT2D eigenvalue weighted by Gasteiger charge is -2.08. The van der Waals surface area contributed by atoms with Gasteiger partial charge in [0.2, 0.25) is 0 Å². The molecule has 1 aromatic rings. The highest BCUT2D eigenvalue weighted by Crippen LogP contribution is 2.32. The Morgan fingerprint density at radius 2 is 2.41 bits per heavy atom. The summed E-state index contributed by atoms with van der Waals surface area (Å²) in [7, 11) is 0. The maximum absolute atomic E-state index is 11.0. The second-order valence-corrected chi connectivity index (χ2v) is 3.50. The van der Waals surface area contributed by atoms with Crippen LogP contribution >= 0.6 is 23.8 Å². The van der Waals surface area contributed by atoms with E-state index in [1.165, 1.54) is 18.2 Å². The molecule has 0 aliphatic heterocycles. The highest BCUT2D eigenvalue weighted by atomic mass is 35.5. The molecule has 88 valence electrons. The number of benzene rings is 1. The van der Waals surface area contributed by atoms with Crippen molar-refractivity contribution >= 4 is 40.6 Å². The number of carboxylic acids is 1. The highest BCUT2D eigenvalue weighted by Gasteiger charge is 2.15. The van der Waals surface area contributed by atoms with E-state index in [2.05, 4.69) is 29.0 Å². The van der Waals surface area contributed by atoms with Crippen molar-refractivity contribution in [3.8, 4) is 5.75 Å². The van der Waals surface area contributed by atoms with Crippen LogP contribution in [0.25, 0.3) is 0 Å². The largest absolute Gasteiger partial charge is 0.489 e. The number of isothiocyanates is 1. The molecular formula is C11H8ClNO3S. The summed E-state index contributed by atoms with van der Waals surface area (Å²) in [4.78, 5) is 14.7. The van der Waals surface area contributed by atoms with Gasteiger partial charge in [-0.2, -0.15) is 4.99 Å². The van der Waals surface area contributed by atoms with Crippen LogP contribution in [0.4, 0.5) is 5.69 Å². The molecule has 6 heteroatoms. The SMILES string of the molecule is C=CCOc1cc(N=C=S)c(Cl)cc1C(=O)O. The standard InChI is InChI=1S/C11H8ClNO3S/c1-2-3-16-10-5-9(13-6-17)8(12)4-7(10)11(14)15/h2,4-5H,1,3H2,(H,14,15). The fourth-order valence-corrected chi connectivity index (χ4v) is 1.42. The Bertz CT molecular complexity index is 510. The number of carbonyl (C=O) groups is 1. The second kappa shape index (κ2) is 6.15. The number of hydrogen-bond acceptors (Lipinski definition) is 4. The van der Waals surface area contributed by atoms with Gasteiger partial charge < -0.3 is 9.84 Å². The number of ether oxygens (including phenoxy) is 1. The van der Waals surface area contributed by atoms with E-state index in [0.717, 1.165) is 0 Å². The molecule has 0 spiro atoms. The van der Waals surface area contributed by atoms with Crippen molar-refractivity contribution in [1.82, 2.24) is 0 Å². The Kier molecular flexibility index (Phi) is 4.84. The zero-order valence-corrected chi connectivity index (χ0v) is 10.2. The van der Waals surface area contributed by atoms with Gasteiger partial charge in [0.15, 0.2) is 0 Å². The first-order valence-electron chi connectivity index (χ1n) is 4.48. The van der Waals surface area contributed by atoms with Crippen LogP contribution in [0.3, 0.4) is 0 Å². The number of aromatic carboxylic acids is 1. The van der Waals surface area contributed by atoms with E-state index >= 15 is 0 Å². The summed E-state index contributed by atoms with van der Waals surface area (Å²) in [6.45, 7) is 3.66. The van der Waals surface area contributed by atoms with E-state index in [-0.39, 0.29) is 22.9 Å². The van der Waals surface area contributed by atoms with Crippen molar-refractivity contribution in [2.75, 3.05) is 6.61 Å². The average molecular weight is 270 g/mol. The maximum atomic E-state index is 11.0. The molecule has 1 N–H and O–H groups in total. The van der Waals surface area contributed by atoms with Crippen molar-refractivity contribution in [3.63, 3.8) is 0 Å². The number of carboxylic acid groups (broad SMARTS) is 1. The molecule has 4 nitrogen and oxygen atoms in total. The third kappa shape index (κ3) is 3.39. The molecule has 0 atom stereocenters. The lowest BCUT2D eigenvalue weighted by molar-refractivity contribution is 0.0693. The van der Waals surface area contributed by atoms with E-state index in [0.29, 0.717) is 5.69 Å². The summed E-state index contributed by atoms with van der Waals surface area (Å²) in [5.74, 6) is -0.977. The van der Waals surface area contributed by atoms with Crippen LogP contribution in [-0.4, -0.2) is 22.8 Å². The van der Waals surface area contributed by atoms with Gasteiger partial charge in [0, 0.05) is 6.07 Å². The number of nitrogens with zero attached hydrogens (tertiary/aromatic N) is 1. The molecule has 17 heavy (non-hydrogen) atoms. The highest BCUT2D eigenvalue weighted by molar-refractivity contribution is 7.78. The van der Waals surface area contributed by atoms with Crippen molar-refractivity contribution in [3.05, 3.63) is 35.4 Å². The first-order chi connectivity index (χ1) is 8.10. The number of thiocarbonyl (C=S) groups is 1. The summed E-state index contributed by atoms with van der Waals surface area (Å²) in [6.07, 6.45) is 1.50.